The van der Waals surface area contributed by atoms with E-state index in [-0.39, 0.29) is 12.4 Å². The Balaban J connectivity index is 2.68. The van der Waals surface area contributed by atoms with Crippen LogP contribution in [-0.2, 0) is 14.9 Å². The Morgan fingerprint density at radius 3 is 2.50 bits per heavy atom. The third-order valence-corrected chi connectivity index (χ3v) is 5.57. The summed E-state index contributed by atoms with van der Waals surface area (Å²) < 4.78 is 24.5. The summed E-state index contributed by atoms with van der Waals surface area (Å²) >= 11 is 0. The van der Waals surface area contributed by atoms with Gasteiger partial charge >= 0.3 is 0 Å². The van der Waals surface area contributed by atoms with Gasteiger partial charge in [0.05, 0.1) is 17.3 Å². The number of hydrogen-bond acceptors (Lipinski definition) is 3. The molecule has 0 atom stereocenters. The number of nitrogens with zero attached hydrogens (tertiary/aromatic N) is 1. The van der Waals surface area contributed by atoms with Gasteiger partial charge in [-0.05, 0) is 37.5 Å². The van der Waals surface area contributed by atoms with E-state index in [0.717, 1.165) is 18.7 Å². The van der Waals surface area contributed by atoms with Crippen molar-refractivity contribution in [1.29, 1.82) is 0 Å². The van der Waals surface area contributed by atoms with Gasteiger partial charge in [-0.25, -0.2) is 13.5 Å². The maximum absolute atomic E-state index is 12.3. The molecule has 0 unspecified atom stereocenters. The molecule has 0 N–H and O–H groups in total. The highest BCUT2D eigenvalue weighted by Gasteiger charge is 2.15. The van der Waals surface area contributed by atoms with Crippen LogP contribution in [0.2, 0.25) is 0 Å². The summed E-state index contributed by atoms with van der Waals surface area (Å²) in [5.74, 6) is 0.0545. The largest absolute Gasteiger partial charge is 0.375 e. The van der Waals surface area contributed by atoms with E-state index in [1.807, 2.05) is 13.1 Å². The molecule has 125 valence electrons. The minimum absolute atomic E-state index is 0.0545. The number of unbranched alkanes of at least 4 members (excludes halogenated alkanes) is 4. The SMILES string of the molecule is CCCCCCN(C)c1cccc(S(=O)(=O)CCCC[O])c1. The molecule has 1 aromatic rings. The summed E-state index contributed by atoms with van der Waals surface area (Å²) in [6.45, 7) is 2.90. The molecule has 0 heterocycles. The number of sulfone groups is 1. The van der Waals surface area contributed by atoms with E-state index in [0.29, 0.717) is 17.7 Å². The van der Waals surface area contributed by atoms with Crippen LogP contribution in [0.3, 0.4) is 0 Å². The summed E-state index contributed by atoms with van der Waals surface area (Å²) in [6, 6.07) is 7.11. The monoisotopic (exact) mass is 326 g/mol. The van der Waals surface area contributed by atoms with Gasteiger partial charge in [-0.15, -0.1) is 0 Å². The highest BCUT2D eigenvalue weighted by Crippen LogP contribution is 2.20. The maximum atomic E-state index is 12.3. The molecule has 1 aromatic carbocycles. The van der Waals surface area contributed by atoms with Crippen molar-refractivity contribution in [2.45, 2.75) is 50.3 Å². The van der Waals surface area contributed by atoms with Crippen LogP contribution in [0.4, 0.5) is 5.69 Å². The normalized spacial score (nSPS) is 11.6. The van der Waals surface area contributed by atoms with Gasteiger partial charge in [-0.1, -0.05) is 32.3 Å². The molecule has 5 heteroatoms. The Labute approximate surface area is 135 Å². The Morgan fingerprint density at radius 1 is 1.05 bits per heavy atom. The maximum Gasteiger partial charge on any atom is 0.178 e. The fourth-order valence-electron chi connectivity index (χ4n) is 2.33. The van der Waals surface area contributed by atoms with Gasteiger partial charge in [0, 0.05) is 19.3 Å². The third-order valence-electron chi connectivity index (χ3n) is 3.77. The Hall–Kier alpha value is -1.07. The first-order valence-corrected chi connectivity index (χ1v) is 9.78. The fourth-order valence-corrected chi connectivity index (χ4v) is 3.74. The highest BCUT2D eigenvalue weighted by atomic mass is 32.2. The fraction of sp³-hybridized carbons (Fsp3) is 0.647. The van der Waals surface area contributed by atoms with Gasteiger partial charge in [0.1, 0.15) is 0 Å². The number of anilines is 1. The Kier molecular flexibility index (Phi) is 8.49. The van der Waals surface area contributed by atoms with Crippen LogP contribution in [0.5, 0.6) is 0 Å². The molecular weight excluding hydrogens is 298 g/mol. The lowest BCUT2D eigenvalue weighted by Crippen LogP contribution is -2.19. The summed E-state index contributed by atoms with van der Waals surface area (Å²) in [5.41, 5.74) is 0.932. The van der Waals surface area contributed by atoms with Crippen molar-refractivity contribution in [1.82, 2.24) is 0 Å². The smallest absolute Gasteiger partial charge is 0.178 e. The molecule has 0 amide bonds. The van der Waals surface area contributed by atoms with Crippen molar-refractivity contribution in [2.24, 2.45) is 0 Å². The number of benzene rings is 1. The zero-order chi connectivity index (χ0) is 16.4. The average Bonchev–Trinajstić information content (AvgIpc) is 2.51. The summed E-state index contributed by atoms with van der Waals surface area (Å²) in [6.07, 6.45) is 5.61. The van der Waals surface area contributed by atoms with Crippen LogP contribution in [0, 0.1) is 0 Å². The molecular formula is C17H28NO3S. The topological polar surface area (TPSA) is 57.3 Å². The molecule has 0 aliphatic rings. The molecule has 0 aromatic heterocycles. The van der Waals surface area contributed by atoms with Crippen LogP contribution in [0.25, 0.3) is 0 Å². The van der Waals surface area contributed by atoms with Gasteiger partial charge in [0.2, 0.25) is 0 Å². The molecule has 1 rings (SSSR count). The lowest BCUT2D eigenvalue weighted by atomic mass is 10.2. The molecule has 0 fully saturated rings. The van der Waals surface area contributed by atoms with Crippen LogP contribution < -0.4 is 4.90 Å². The van der Waals surface area contributed by atoms with Crippen molar-refractivity contribution in [2.75, 3.05) is 30.9 Å². The Bertz CT molecular complexity index is 528. The van der Waals surface area contributed by atoms with Crippen LogP contribution in [-0.4, -0.2) is 34.4 Å². The second-order valence-corrected chi connectivity index (χ2v) is 7.82. The van der Waals surface area contributed by atoms with E-state index < -0.39 is 9.84 Å². The van der Waals surface area contributed by atoms with Gasteiger partial charge < -0.3 is 4.90 Å². The van der Waals surface area contributed by atoms with Gasteiger partial charge in [-0.3, -0.25) is 0 Å². The molecule has 1 radical (unpaired) electrons. The van der Waals surface area contributed by atoms with Crippen molar-refractivity contribution in [3.8, 4) is 0 Å². The summed E-state index contributed by atoms with van der Waals surface area (Å²) in [4.78, 5) is 2.46. The van der Waals surface area contributed by atoms with E-state index in [9.17, 15) is 13.5 Å². The first-order valence-electron chi connectivity index (χ1n) is 8.13. The first kappa shape index (κ1) is 19.0. The van der Waals surface area contributed by atoms with Gasteiger partial charge in [0.15, 0.2) is 9.84 Å². The minimum atomic E-state index is -3.28. The molecule has 4 nitrogen and oxygen atoms in total. The molecule has 0 aliphatic carbocycles. The lowest BCUT2D eigenvalue weighted by molar-refractivity contribution is 0.188. The molecule has 22 heavy (non-hydrogen) atoms. The highest BCUT2D eigenvalue weighted by molar-refractivity contribution is 7.91. The van der Waals surface area contributed by atoms with Crippen molar-refractivity contribution >= 4 is 15.5 Å². The zero-order valence-electron chi connectivity index (χ0n) is 13.8. The molecule has 0 saturated heterocycles. The van der Waals surface area contributed by atoms with Crippen molar-refractivity contribution in [3.05, 3.63) is 24.3 Å². The second kappa shape index (κ2) is 9.85. The van der Waals surface area contributed by atoms with Crippen molar-refractivity contribution < 1.29 is 13.5 Å². The van der Waals surface area contributed by atoms with E-state index in [4.69, 9.17) is 0 Å². The average molecular weight is 326 g/mol. The molecule has 0 saturated carbocycles. The standard InChI is InChI=1S/C17H28NO3S/c1-3-4-5-6-12-18(2)16-10-9-11-17(15-16)22(20,21)14-8-7-13-19/h9-11,15H,3-8,12-14H2,1-2H3. The lowest BCUT2D eigenvalue weighted by Gasteiger charge is -2.20. The van der Waals surface area contributed by atoms with E-state index in [1.165, 1.54) is 19.3 Å². The molecule has 0 spiro atoms. The van der Waals surface area contributed by atoms with Crippen LogP contribution in [0.1, 0.15) is 45.4 Å². The Morgan fingerprint density at radius 2 is 1.82 bits per heavy atom. The number of rotatable bonds is 11. The number of hydrogen-bond donors (Lipinski definition) is 0. The summed E-state index contributed by atoms with van der Waals surface area (Å²) in [5, 5.41) is 10.4. The van der Waals surface area contributed by atoms with Gasteiger partial charge in [-0.2, -0.15) is 0 Å². The zero-order valence-corrected chi connectivity index (χ0v) is 14.6. The quantitative estimate of drug-likeness (QED) is 0.583. The van der Waals surface area contributed by atoms with Crippen LogP contribution in [0.15, 0.2) is 29.2 Å². The molecule has 0 bridgehead atoms. The second-order valence-electron chi connectivity index (χ2n) is 5.71. The predicted octanol–water partition coefficient (Wildman–Crippen LogP) is 3.69. The van der Waals surface area contributed by atoms with E-state index in [2.05, 4.69) is 11.8 Å². The molecule has 0 aliphatic heterocycles. The van der Waals surface area contributed by atoms with Crippen molar-refractivity contribution in [3.63, 3.8) is 0 Å². The van der Waals surface area contributed by atoms with Gasteiger partial charge in [0.25, 0.3) is 0 Å². The predicted molar refractivity (Wildman–Crippen MR) is 90.7 cm³/mol. The van der Waals surface area contributed by atoms with Crippen LogP contribution >= 0.6 is 0 Å². The summed E-state index contributed by atoms with van der Waals surface area (Å²) in [7, 11) is -1.29. The first-order chi connectivity index (χ1) is 10.5. The van der Waals surface area contributed by atoms with E-state index >= 15 is 0 Å². The minimum Gasteiger partial charge on any atom is -0.375 e. The van der Waals surface area contributed by atoms with E-state index in [1.54, 1.807) is 18.2 Å². The third kappa shape index (κ3) is 6.36.